The van der Waals surface area contributed by atoms with Crippen LogP contribution in [0.25, 0.3) is 11.1 Å². The van der Waals surface area contributed by atoms with E-state index in [1.165, 1.54) is 39.2 Å². The van der Waals surface area contributed by atoms with Gasteiger partial charge in [0.15, 0.2) is 0 Å². The molecule has 7 rings (SSSR count). The van der Waals surface area contributed by atoms with Gasteiger partial charge in [0.1, 0.15) is 24.7 Å². The van der Waals surface area contributed by atoms with E-state index in [-0.39, 0.29) is 16.9 Å². The Bertz CT molecular complexity index is 2000. The zero-order valence-corrected chi connectivity index (χ0v) is 33.4. The van der Waals surface area contributed by atoms with Gasteiger partial charge < -0.3 is 29.5 Å². The number of rotatable bonds is 13. The third-order valence-electron chi connectivity index (χ3n) is 10.8. The van der Waals surface area contributed by atoms with Crippen LogP contribution in [0.3, 0.4) is 0 Å². The van der Waals surface area contributed by atoms with Gasteiger partial charge in [0.05, 0.1) is 11.5 Å². The maximum atomic E-state index is 9.56. The molecule has 0 bridgehead atoms. The Morgan fingerprint density at radius 3 is 1.59 bits per heavy atom. The molecule has 0 radical (unpaired) electrons. The Morgan fingerprint density at radius 2 is 1.09 bits per heavy atom. The summed E-state index contributed by atoms with van der Waals surface area (Å²) in [6.45, 7) is 17.1. The van der Waals surface area contributed by atoms with Gasteiger partial charge >= 0.3 is 0 Å². The number of aliphatic hydroxyl groups excluding tert-OH is 2. The largest absolute Gasteiger partial charge is 0.513 e. The van der Waals surface area contributed by atoms with Crippen LogP contribution in [0.5, 0.6) is 11.5 Å². The van der Waals surface area contributed by atoms with E-state index in [0.29, 0.717) is 38.1 Å². The van der Waals surface area contributed by atoms with E-state index in [0.717, 1.165) is 50.3 Å². The smallest absolute Gasteiger partial charge is 0.119 e. The molecule has 5 aromatic rings. The molecular weight excluding hydrogens is 693 g/mol. The minimum absolute atomic E-state index is 0.172. The summed E-state index contributed by atoms with van der Waals surface area (Å²) in [5, 5.41) is 19.1. The Morgan fingerprint density at radius 1 is 0.607 bits per heavy atom. The predicted molar refractivity (Wildman–Crippen MR) is 232 cm³/mol. The fourth-order valence-electron chi connectivity index (χ4n) is 7.76. The Kier molecular flexibility index (Phi) is 13.5. The normalized spacial score (nSPS) is 16.6. The molecule has 2 N–H and O–H groups in total. The molecule has 2 saturated heterocycles. The summed E-state index contributed by atoms with van der Waals surface area (Å²) in [6, 6.07) is 44.7. The lowest BCUT2D eigenvalue weighted by molar-refractivity contribution is 0.306. The number of benzene rings is 5. The van der Waals surface area contributed by atoms with Gasteiger partial charge in [-0.2, -0.15) is 0 Å². The van der Waals surface area contributed by atoms with Crippen molar-refractivity contribution in [2.24, 2.45) is 0 Å². The summed E-state index contributed by atoms with van der Waals surface area (Å²) >= 11 is 0. The van der Waals surface area contributed by atoms with Crippen molar-refractivity contribution in [1.82, 2.24) is 0 Å². The van der Waals surface area contributed by atoms with Crippen LogP contribution in [0, 0.1) is 0 Å². The van der Waals surface area contributed by atoms with Crippen LogP contribution in [-0.4, -0.2) is 35.4 Å². The molecule has 292 valence electrons. The zero-order valence-electron chi connectivity index (χ0n) is 33.4. The van der Waals surface area contributed by atoms with E-state index in [1.54, 1.807) is 0 Å². The second-order valence-electron chi connectivity index (χ2n) is 16.1. The van der Waals surface area contributed by atoms with Crippen molar-refractivity contribution < 1.29 is 19.7 Å². The van der Waals surface area contributed by atoms with Crippen molar-refractivity contribution in [2.45, 2.75) is 90.0 Å². The molecule has 6 heteroatoms. The molecule has 2 heterocycles. The monoisotopic (exact) mass is 750 g/mol. The van der Waals surface area contributed by atoms with Gasteiger partial charge in [0.2, 0.25) is 0 Å². The molecule has 56 heavy (non-hydrogen) atoms. The van der Waals surface area contributed by atoms with E-state index < -0.39 is 0 Å². The van der Waals surface area contributed by atoms with Gasteiger partial charge in [0.25, 0.3) is 0 Å². The van der Waals surface area contributed by atoms with E-state index in [9.17, 15) is 10.2 Å². The van der Waals surface area contributed by atoms with Crippen molar-refractivity contribution in [1.29, 1.82) is 0 Å². The highest BCUT2D eigenvalue weighted by atomic mass is 16.5. The average Bonchev–Trinajstić information content (AvgIpc) is 3.86. The lowest BCUT2D eigenvalue weighted by Crippen LogP contribution is -2.29. The topological polar surface area (TPSA) is 65.4 Å². The lowest BCUT2D eigenvalue weighted by Gasteiger charge is -2.26. The second kappa shape index (κ2) is 18.8. The standard InChI is InChI=1S/C26H27NO2.C24H31NO2/c1-20(28)18-24-11-7-17-27(24)23-13-15-25(16-14-23)29-19-22-10-5-6-12-26(22)21-8-3-2-4-9-21;1-18(26)16-22-6-5-15-25(22)21-11-13-23(14-12-21)27-17-19-7-9-20(10-8-19)24(2,3)4/h2-6,8-10,12-16,24,28H,1,7,11,17-19H2;7-14,22,26H,1,5-6,15-17H2,2-4H3. The van der Waals surface area contributed by atoms with Crippen molar-refractivity contribution in [3.05, 3.63) is 169 Å². The zero-order chi connectivity index (χ0) is 39.5. The van der Waals surface area contributed by atoms with Gasteiger partial charge in [-0.15, -0.1) is 0 Å². The van der Waals surface area contributed by atoms with Crippen molar-refractivity contribution in [3.8, 4) is 22.6 Å². The first-order valence-electron chi connectivity index (χ1n) is 20.0. The molecular formula is C50H58N2O4. The van der Waals surface area contributed by atoms with Crippen LogP contribution >= 0.6 is 0 Å². The summed E-state index contributed by atoms with van der Waals surface area (Å²) in [6.07, 6.45) is 5.76. The SMILES string of the molecule is C=C(O)CC1CCCN1c1ccc(OCc2ccc(C(C)(C)C)cc2)cc1.C=C(O)CC1CCCN1c1ccc(OCc2ccccc2-c2ccccc2)cc1. The predicted octanol–water partition coefficient (Wildman–Crippen LogP) is 12.4. The lowest BCUT2D eigenvalue weighted by atomic mass is 9.87. The molecule has 0 aromatic heterocycles. The van der Waals surface area contributed by atoms with Crippen molar-refractivity contribution in [2.75, 3.05) is 22.9 Å². The Hall–Kier alpha value is -5.62. The first-order chi connectivity index (χ1) is 27.0. The molecule has 2 atom stereocenters. The molecule has 0 amide bonds. The second-order valence-corrected chi connectivity index (χ2v) is 16.1. The number of hydrogen-bond acceptors (Lipinski definition) is 6. The number of nitrogens with zero attached hydrogens (tertiary/aromatic N) is 2. The third kappa shape index (κ3) is 11.0. The number of aliphatic hydroxyl groups is 2. The Labute approximate surface area is 334 Å². The van der Waals surface area contributed by atoms with Crippen LogP contribution < -0.4 is 19.3 Å². The van der Waals surface area contributed by atoms with Gasteiger partial charge in [-0.05, 0) is 107 Å². The molecule has 2 unspecified atom stereocenters. The van der Waals surface area contributed by atoms with Gasteiger partial charge in [0, 0.05) is 49.4 Å². The summed E-state index contributed by atoms with van der Waals surface area (Å²) in [7, 11) is 0. The molecule has 0 aliphatic carbocycles. The third-order valence-corrected chi connectivity index (χ3v) is 10.8. The summed E-state index contributed by atoms with van der Waals surface area (Å²) in [5.74, 6) is 2.27. The maximum Gasteiger partial charge on any atom is 0.119 e. The van der Waals surface area contributed by atoms with Gasteiger partial charge in [-0.25, -0.2) is 0 Å². The molecule has 2 fully saturated rings. The highest BCUT2D eigenvalue weighted by Crippen LogP contribution is 2.32. The van der Waals surface area contributed by atoms with Crippen LogP contribution in [0.2, 0.25) is 0 Å². The van der Waals surface area contributed by atoms with E-state index in [4.69, 9.17) is 9.47 Å². The fourth-order valence-corrected chi connectivity index (χ4v) is 7.76. The first-order valence-corrected chi connectivity index (χ1v) is 20.0. The fraction of sp³-hybridized carbons (Fsp3) is 0.320. The van der Waals surface area contributed by atoms with E-state index in [1.807, 2.05) is 30.3 Å². The maximum absolute atomic E-state index is 9.56. The van der Waals surface area contributed by atoms with Gasteiger partial charge in [-0.3, -0.25) is 0 Å². The molecule has 0 spiro atoms. The van der Waals surface area contributed by atoms with Gasteiger partial charge in [-0.1, -0.05) is 113 Å². The average molecular weight is 751 g/mol. The van der Waals surface area contributed by atoms with Crippen LogP contribution in [0.4, 0.5) is 11.4 Å². The minimum Gasteiger partial charge on any atom is -0.513 e. The molecule has 6 nitrogen and oxygen atoms in total. The highest BCUT2D eigenvalue weighted by Gasteiger charge is 2.26. The number of ether oxygens (including phenoxy) is 2. The first kappa shape index (κ1) is 40.1. The highest BCUT2D eigenvalue weighted by molar-refractivity contribution is 5.67. The van der Waals surface area contributed by atoms with E-state index in [2.05, 4.69) is 141 Å². The molecule has 0 saturated carbocycles. The number of anilines is 2. The van der Waals surface area contributed by atoms with Crippen molar-refractivity contribution >= 4 is 11.4 Å². The van der Waals surface area contributed by atoms with Crippen LogP contribution in [0.1, 0.15) is 76.0 Å². The minimum atomic E-state index is 0.172. The Balaban J connectivity index is 0.000000190. The summed E-state index contributed by atoms with van der Waals surface area (Å²) < 4.78 is 12.0. The molecule has 2 aliphatic heterocycles. The molecule has 2 aliphatic rings. The number of hydrogen-bond donors (Lipinski definition) is 2. The summed E-state index contributed by atoms with van der Waals surface area (Å²) in [4.78, 5) is 4.71. The van der Waals surface area contributed by atoms with E-state index >= 15 is 0 Å². The van der Waals surface area contributed by atoms with Crippen molar-refractivity contribution in [3.63, 3.8) is 0 Å². The summed E-state index contributed by atoms with van der Waals surface area (Å²) in [5.41, 5.74) is 8.61. The molecule has 5 aromatic carbocycles. The van der Waals surface area contributed by atoms with Crippen LogP contribution in [0.15, 0.2) is 152 Å². The van der Waals surface area contributed by atoms with Crippen LogP contribution in [-0.2, 0) is 18.6 Å². The quantitative estimate of drug-likeness (QED) is 0.117.